The fourth-order valence-corrected chi connectivity index (χ4v) is 4.25. The molecule has 6 nitrogen and oxygen atoms in total. The van der Waals surface area contributed by atoms with Crippen LogP contribution in [0.4, 0.5) is 4.39 Å². The van der Waals surface area contributed by atoms with E-state index in [9.17, 15) is 9.18 Å². The van der Waals surface area contributed by atoms with Gasteiger partial charge in [-0.15, -0.1) is 0 Å². The first kappa shape index (κ1) is 24.7. The van der Waals surface area contributed by atoms with E-state index in [1.54, 1.807) is 30.8 Å². The second-order valence-corrected chi connectivity index (χ2v) is 8.12. The SMILES string of the molecule is CCN(CC)C(CNC(=O)c1c(C)nn(Cc2ccc(F)cc2)c1Cl)c1cccc(OC)c1. The van der Waals surface area contributed by atoms with Gasteiger partial charge in [-0.05, 0) is 55.4 Å². The number of aryl methyl sites for hydroxylation is 1. The number of halogens is 2. The fourth-order valence-electron chi connectivity index (χ4n) is 3.93. The molecule has 0 saturated heterocycles. The van der Waals surface area contributed by atoms with Crippen molar-refractivity contribution in [3.63, 3.8) is 0 Å². The highest BCUT2D eigenvalue weighted by Crippen LogP contribution is 2.25. The normalized spacial score (nSPS) is 12.1. The van der Waals surface area contributed by atoms with E-state index < -0.39 is 0 Å². The third-order valence-corrected chi connectivity index (χ3v) is 6.11. The number of carbonyl (C=O) groups is 1. The Morgan fingerprint density at radius 2 is 1.91 bits per heavy atom. The third kappa shape index (κ3) is 5.92. The molecule has 0 radical (unpaired) electrons. The minimum Gasteiger partial charge on any atom is -0.497 e. The number of nitrogens with zero attached hydrogens (tertiary/aromatic N) is 3. The molecule has 1 atom stereocenters. The van der Waals surface area contributed by atoms with Gasteiger partial charge < -0.3 is 10.1 Å². The zero-order valence-corrected chi connectivity index (χ0v) is 20.2. The highest BCUT2D eigenvalue weighted by atomic mass is 35.5. The number of benzene rings is 2. The smallest absolute Gasteiger partial charge is 0.256 e. The molecular formula is C25H30ClFN4O2. The van der Waals surface area contributed by atoms with Crippen LogP contribution in [-0.2, 0) is 6.54 Å². The summed E-state index contributed by atoms with van der Waals surface area (Å²) in [5, 5.41) is 7.73. The van der Waals surface area contributed by atoms with E-state index in [1.165, 1.54) is 12.1 Å². The zero-order valence-electron chi connectivity index (χ0n) is 19.4. The quantitative estimate of drug-likeness (QED) is 0.458. The lowest BCUT2D eigenvalue weighted by Crippen LogP contribution is -2.38. The molecule has 33 heavy (non-hydrogen) atoms. The summed E-state index contributed by atoms with van der Waals surface area (Å²) in [6.45, 7) is 8.38. The molecular weight excluding hydrogens is 443 g/mol. The Bertz CT molecular complexity index is 1080. The number of aromatic nitrogens is 2. The highest BCUT2D eigenvalue weighted by molar-refractivity contribution is 6.33. The molecule has 2 aromatic carbocycles. The molecule has 1 N–H and O–H groups in total. The molecule has 8 heteroatoms. The molecule has 1 heterocycles. The summed E-state index contributed by atoms with van der Waals surface area (Å²) in [7, 11) is 1.64. The number of methoxy groups -OCH3 is 1. The first-order valence-corrected chi connectivity index (χ1v) is 11.4. The van der Waals surface area contributed by atoms with Crippen molar-refractivity contribution in [1.29, 1.82) is 0 Å². The maximum absolute atomic E-state index is 13.2. The molecule has 1 amide bonds. The van der Waals surface area contributed by atoms with Gasteiger partial charge in [0.1, 0.15) is 16.7 Å². The van der Waals surface area contributed by atoms with Crippen LogP contribution in [0.3, 0.4) is 0 Å². The lowest BCUT2D eigenvalue weighted by molar-refractivity contribution is 0.0934. The van der Waals surface area contributed by atoms with Gasteiger partial charge in [-0.3, -0.25) is 9.69 Å². The van der Waals surface area contributed by atoms with Crippen LogP contribution in [0.25, 0.3) is 0 Å². The van der Waals surface area contributed by atoms with Gasteiger partial charge >= 0.3 is 0 Å². The average Bonchev–Trinajstić information content (AvgIpc) is 3.10. The van der Waals surface area contributed by atoms with Crippen molar-refractivity contribution in [3.05, 3.63) is 81.9 Å². The lowest BCUT2D eigenvalue weighted by Gasteiger charge is -2.30. The summed E-state index contributed by atoms with van der Waals surface area (Å²) in [6.07, 6.45) is 0. The molecule has 176 valence electrons. The Balaban J connectivity index is 1.78. The summed E-state index contributed by atoms with van der Waals surface area (Å²) in [4.78, 5) is 15.4. The fraction of sp³-hybridized carbons (Fsp3) is 0.360. The number of hydrogen-bond acceptors (Lipinski definition) is 4. The van der Waals surface area contributed by atoms with Crippen molar-refractivity contribution in [3.8, 4) is 5.75 Å². The lowest BCUT2D eigenvalue weighted by atomic mass is 10.0. The summed E-state index contributed by atoms with van der Waals surface area (Å²) in [5.74, 6) is 0.195. The first-order chi connectivity index (χ1) is 15.9. The Labute approximate surface area is 199 Å². The molecule has 0 aliphatic rings. The van der Waals surface area contributed by atoms with Crippen molar-refractivity contribution in [1.82, 2.24) is 20.0 Å². The Morgan fingerprint density at radius 1 is 1.21 bits per heavy atom. The third-order valence-electron chi connectivity index (χ3n) is 5.73. The van der Waals surface area contributed by atoms with Crippen LogP contribution in [-0.4, -0.2) is 47.3 Å². The van der Waals surface area contributed by atoms with E-state index in [1.807, 2.05) is 24.3 Å². The predicted octanol–water partition coefficient (Wildman–Crippen LogP) is 4.85. The van der Waals surface area contributed by atoms with E-state index in [-0.39, 0.29) is 22.9 Å². The van der Waals surface area contributed by atoms with E-state index in [4.69, 9.17) is 16.3 Å². The number of hydrogen-bond donors (Lipinski definition) is 1. The Hall–Kier alpha value is -2.90. The monoisotopic (exact) mass is 472 g/mol. The Kier molecular flexibility index (Phi) is 8.47. The van der Waals surface area contributed by atoms with Crippen molar-refractivity contribution in [2.45, 2.75) is 33.4 Å². The molecule has 0 aliphatic carbocycles. The van der Waals surface area contributed by atoms with Gasteiger partial charge in [0, 0.05) is 6.54 Å². The first-order valence-electron chi connectivity index (χ1n) is 11.0. The second kappa shape index (κ2) is 11.3. The van der Waals surface area contributed by atoms with Crippen LogP contribution in [0.5, 0.6) is 5.75 Å². The van der Waals surface area contributed by atoms with Gasteiger partial charge in [0.25, 0.3) is 5.91 Å². The molecule has 0 aliphatic heterocycles. The molecule has 0 spiro atoms. The van der Waals surface area contributed by atoms with Gasteiger partial charge in [-0.25, -0.2) is 9.07 Å². The van der Waals surface area contributed by atoms with Crippen molar-refractivity contribution >= 4 is 17.5 Å². The summed E-state index contributed by atoms with van der Waals surface area (Å²) < 4.78 is 20.1. The number of likely N-dealkylation sites (N-methyl/N-ethyl adjacent to an activating group) is 1. The highest BCUT2D eigenvalue weighted by Gasteiger charge is 2.24. The van der Waals surface area contributed by atoms with Crippen LogP contribution < -0.4 is 10.1 Å². The van der Waals surface area contributed by atoms with Gasteiger partial charge in [0.05, 0.1) is 31.0 Å². The van der Waals surface area contributed by atoms with Gasteiger partial charge in [-0.1, -0.05) is 49.7 Å². The van der Waals surface area contributed by atoms with Crippen LogP contribution in [0.2, 0.25) is 5.15 Å². The number of amides is 1. The largest absolute Gasteiger partial charge is 0.497 e. The van der Waals surface area contributed by atoms with E-state index >= 15 is 0 Å². The molecule has 0 fully saturated rings. The van der Waals surface area contributed by atoms with Crippen molar-refractivity contribution in [2.75, 3.05) is 26.7 Å². The number of nitrogens with one attached hydrogen (secondary N) is 1. The molecule has 3 rings (SSSR count). The van der Waals surface area contributed by atoms with Crippen molar-refractivity contribution in [2.24, 2.45) is 0 Å². The van der Waals surface area contributed by atoms with Crippen LogP contribution in [0.1, 0.15) is 47.1 Å². The summed E-state index contributed by atoms with van der Waals surface area (Å²) in [5.41, 5.74) is 2.80. The van der Waals surface area contributed by atoms with Gasteiger partial charge in [-0.2, -0.15) is 5.10 Å². The zero-order chi connectivity index (χ0) is 24.0. The Morgan fingerprint density at radius 3 is 2.55 bits per heavy atom. The van der Waals surface area contributed by atoms with Crippen LogP contribution in [0, 0.1) is 12.7 Å². The van der Waals surface area contributed by atoms with Crippen LogP contribution >= 0.6 is 11.6 Å². The summed E-state index contributed by atoms with van der Waals surface area (Å²) in [6, 6.07) is 14.0. The summed E-state index contributed by atoms with van der Waals surface area (Å²) >= 11 is 6.53. The number of ether oxygens (including phenoxy) is 1. The molecule has 3 aromatic rings. The van der Waals surface area contributed by atoms with Crippen molar-refractivity contribution < 1.29 is 13.9 Å². The number of rotatable bonds is 10. The molecule has 0 bridgehead atoms. The minimum atomic E-state index is -0.305. The van der Waals surface area contributed by atoms with E-state index in [2.05, 4.69) is 29.2 Å². The van der Waals surface area contributed by atoms with E-state index in [0.717, 1.165) is 30.0 Å². The van der Waals surface area contributed by atoms with E-state index in [0.29, 0.717) is 24.3 Å². The molecule has 1 unspecified atom stereocenters. The topological polar surface area (TPSA) is 59.4 Å². The van der Waals surface area contributed by atoms with Gasteiger partial charge in [0.2, 0.25) is 0 Å². The maximum atomic E-state index is 13.2. The number of carbonyl (C=O) groups excluding carboxylic acids is 1. The van der Waals surface area contributed by atoms with Gasteiger partial charge in [0.15, 0.2) is 0 Å². The average molecular weight is 473 g/mol. The van der Waals surface area contributed by atoms with Crippen LogP contribution in [0.15, 0.2) is 48.5 Å². The standard InChI is InChI=1S/C25H30ClFN4O2/c1-5-30(6-2)22(19-8-7-9-21(14-19)33-4)15-28-25(32)23-17(3)29-31(24(23)26)16-18-10-12-20(27)13-11-18/h7-14,22H,5-6,15-16H2,1-4H3,(H,28,32). The molecule has 1 aromatic heterocycles. The maximum Gasteiger partial charge on any atom is 0.256 e. The molecule has 0 saturated carbocycles. The minimum absolute atomic E-state index is 0.0209. The predicted molar refractivity (Wildman–Crippen MR) is 128 cm³/mol. The second-order valence-electron chi connectivity index (χ2n) is 7.76.